The van der Waals surface area contributed by atoms with Crippen LogP contribution in [0.2, 0.25) is 0 Å². The third-order valence-corrected chi connectivity index (χ3v) is 3.24. The first-order chi connectivity index (χ1) is 9.60. The van der Waals surface area contributed by atoms with E-state index >= 15 is 0 Å². The minimum Gasteiger partial charge on any atom is -0.476 e. The van der Waals surface area contributed by atoms with Crippen LogP contribution >= 0.6 is 0 Å². The van der Waals surface area contributed by atoms with E-state index in [1.807, 2.05) is 12.1 Å². The van der Waals surface area contributed by atoms with E-state index in [9.17, 15) is 0 Å². The van der Waals surface area contributed by atoms with Gasteiger partial charge in [-0.25, -0.2) is 0 Å². The largest absolute Gasteiger partial charge is 0.476 e. The highest BCUT2D eigenvalue weighted by atomic mass is 16.5. The Labute approximate surface area is 123 Å². The molecule has 20 heavy (non-hydrogen) atoms. The average molecular weight is 279 g/mol. The minimum atomic E-state index is 0.419. The van der Waals surface area contributed by atoms with Gasteiger partial charge in [-0.1, -0.05) is 26.7 Å². The zero-order chi connectivity index (χ0) is 15.0. The lowest BCUT2D eigenvalue weighted by atomic mass is 10.2. The standard InChI is InChI=1S/C16H29N3O/c1-5-7-8-11-19(13(3)4)15-10-9-14(17)16(18-15)20-12-6-2/h9-10,13H,5-8,11-12,17H2,1-4H3. The van der Waals surface area contributed by atoms with E-state index in [1.54, 1.807) is 0 Å². The Bertz CT molecular complexity index is 393. The number of pyridine rings is 1. The molecule has 0 aliphatic heterocycles. The van der Waals surface area contributed by atoms with Gasteiger partial charge in [0.1, 0.15) is 5.82 Å². The van der Waals surface area contributed by atoms with Crippen molar-refractivity contribution >= 4 is 11.5 Å². The molecule has 0 spiro atoms. The van der Waals surface area contributed by atoms with Gasteiger partial charge in [0.25, 0.3) is 0 Å². The van der Waals surface area contributed by atoms with Gasteiger partial charge in [0.05, 0.1) is 12.3 Å². The normalized spacial score (nSPS) is 10.8. The van der Waals surface area contributed by atoms with Crippen LogP contribution in [0.25, 0.3) is 0 Å². The lowest BCUT2D eigenvalue weighted by Gasteiger charge is -2.28. The molecule has 0 unspecified atom stereocenters. The highest BCUT2D eigenvalue weighted by molar-refractivity contribution is 5.54. The number of nitrogen functional groups attached to an aromatic ring is 1. The van der Waals surface area contributed by atoms with Crippen LogP contribution in [0.5, 0.6) is 5.88 Å². The Hall–Kier alpha value is -1.45. The maximum Gasteiger partial charge on any atom is 0.239 e. The molecule has 1 heterocycles. The minimum absolute atomic E-state index is 0.419. The van der Waals surface area contributed by atoms with E-state index in [1.165, 1.54) is 19.3 Å². The molecule has 1 rings (SSSR count). The van der Waals surface area contributed by atoms with Crippen LogP contribution < -0.4 is 15.4 Å². The summed E-state index contributed by atoms with van der Waals surface area (Å²) in [6, 6.07) is 4.30. The zero-order valence-corrected chi connectivity index (χ0v) is 13.4. The van der Waals surface area contributed by atoms with Gasteiger partial charge in [-0.3, -0.25) is 0 Å². The summed E-state index contributed by atoms with van der Waals surface area (Å²) in [5, 5.41) is 0. The van der Waals surface area contributed by atoms with Gasteiger partial charge < -0.3 is 15.4 Å². The first-order valence-electron chi connectivity index (χ1n) is 7.76. The van der Waals surface area contributed by atoms with Gasteiger partial charge in [0.2, 0.25) is 5.88 Å². The summed E-state index contributed by atoms with van der Waals surface area (Å²) in [4.78, 5) is 6.90. The van der Waals surface area contributed by atoms with E-state index in [0.717, 1.165) is 18.8 Å². The van der Waals surface area contributed by atoms with E-state index < -0.39 is 0 Å². The van der Waals surface area contributed by atoms with Crippen molar-refractivity contribution in [2.75, 3.05) is 23.8 Å². The molecule has 1 aromatic rings. The molecule has 4 nitrogen and oxygen atoms in total. The van der Waals surface area contributed by atoms with Crippen molar-refractivity contribution in [1.82, 2.24) is 4.98 Å². The van der Waals surface area contributed by atoms with E-state index in [2.05, 4.69) is 37.6 Å². The van der Waals surface area contributed by atoms with Crippen molar-refractivity contribution in [3.63, 3.8) is 0 Å². The Morgan fingerprint density at radius 1 is 1.20 bits per heavy atom. The summed E-state index contributed by atoms with van der Waals surface area (Å²) in [6.45, 7) is 10.4. The van der Waals surface area contributed by atoms with Crippen LogP contribution in [-0.4, -0.2) is 24.2 Å². The number of ether oxygens (including phenoxy) is 1. The molecule has 4 heteroatoms. The van der Waals surface area contributed by atoms with Gasteiger partial charge in [0, 0.05) is 12.6 Å². The molecule has 0 bridgehead atoms. The molecule has 0 atom stereocenters. The molecule has 0 saturated carbocycles. The SMILES string of the molecule is CCCCCN(c1ccc(N)c(OCCC)n1)C(C)C. The predicted octanol–water partition coefficient (Wildman–Crippen LogP) is 3.86. The van der Waals surface area contributed by atoms with Crippen LogP contribution in [0.4, 0.5) is 11.5 Å². The van der Waals surface area contributed by atoms with Crippen molar-refractivity contribution in [3.8, 4) is 5.88 Å². The summed E-state index contributed by atoms with van der Waals surface area (Å²) in [7, 11) is 0. The molecule has 2 N–H and O–H groups in total. The first kappa shape index (κ1) is 16.6. The summed E-state index contributed by atoms with van der Waals surface area (Å²) in [5.74, 6) is 1.52. The lowest BCUT2D eigenvalue weighted by Crippen LogP contribution is -2.32. The number of nitrogens with zero attached hydrogens (tertiary/aromatic N) is 2. The quantitative estimate of drug-likeness (QED) is 0.697. The number of anilines is 2. The molecule has 0 radical (unpaired) electrons. The Morgan fingerprint density at radius 3 is 2.55 bits per heavy atom. The molecule has 1 aromatic heterocycles. The number of aromatic nitrogens is 1. The van der Waals surface area contributed by atoms with Crippen LogP contribution in [0.15, 0.2) is 12.1 Å². The smallest absolute Gasteiger partial charge is 0.239 e. The highest BCUT2D eigenvalue weighted by Crippen LogP contribution is 2.24. The van der Waals surface area contributed by atoms with Crippen molar-refractivity contribution in [2.24, 2.45) is 0 Å². The number of hydrogen-bond donors (Lipinski definition) is 1. The third-order valence-electron chi connectivity index (χ3n) is 3.24. The van der Waals surface area contributed by atoms with Crippen LogP contribution in [0.3, 0.4) is 0 Å². The predicted molar refractivity (Wildman–Crippen MR) is 86.4 cm³/mol. The maximum absolute atomic E-state index is 5.92. The fourth-order valence-electron chi connectivity index (χ4n) is 2.09. The molecule has 0 saturated heterocycles. The second kappa shape index (κ2) is 8.67. The van der Waals surface area contributed by atoms with Gasteiger partial charge in [-0.05, 0) is 38.8 Å². The van der Waals surface area contributed by atoms with Crippen molar-refractivity contribution in [3.05, 3.63) is 12.1 Å². The van der Waals surface area contributed by atoms with E-state index in [4.69, 9.17) is 10.5 Å². The van der Waals surface area contributed by atoms with E-state index in [0.29, 0.717) is 24.2 Å². The molecule has 0 amide bonds. The van der Waals surface area contributed by atoms with Crippen LogP contribution in [-0.2, 0) is 0 Å². The summed E-state index contributed by atoms with van der Waals surface area (Å²) < 4.78 is 5.62. The Morgan fingerprint density at radius 2 is 1.95 bits per heavy atom. The second-order valence-corrected chi connectivity index (χ2v) is 5.41. The fourth-order valence-corrected chi connectivity index (χ4v) is 2.09. The highest BCUT2D eigenvalue weighted by Gasteiger charge is 2.13. The van der Waals surface area contributed by atoms with Crippen molar-refractivity contribution in [1.29, 1.82) is 0 Å². The summed E-state index contributed by atoms with van der Waals surface area (Å²) in [5.41, 5.74) is 6.53. The molecule has 0 fully saturated rings. The Kier molecular flexibility index (Phi) is 7.20. The molecule has 0 aliphatic rings. The van der Waals surface area contributed by atoms with Gasteiger partial charge in [-0.15, -0.1) is 0 Å². The molecule has 0 aliphatic carbocycles. The van der Waals surface area contributed by atoms with Gasteiger partial charge in [-0.2, -0.15) is 4.98 Å². The summed E-state index contributed by atoms with van der Waals surface area (Å²) >= 11 is 0. The van der Waals surface area contributed by atoms with Crippen molar-refractivity contribution in [2.45, 2.75) is 59.4 Å². The average Bonchev–Trinajstić information content (AvgIpc) is 2.43. The number of rotatable bonds is 9. The number of unbranched alkanes of at least 4 members (excludes halogenated alkanes) is 2. The Balaban J connectivity index is 2.84. The summed E-state index contributed by atoms with van der Waals surface area (Å²) in [6.07, 6.45) is 4.62. The first-order valence-corrected chi connectivity index (χ1v) is 7.76. The van der Waals surface area contributed by atoms with Gasteiger partial charge in [0.15, 0.2) is 0 Å². The fraction of sp³-hybridized carbons (Fsp3) is 0.688. The zero-order valence-electron chi connectivity index (χ0n) is 13.4. The molecule has 114 valence electrons. The monoisotopic (exact) mass is 279 g/mol. The topological polar surface area (TPSA) is 51.4 Å². The lowest BCUT2D eigenvalue weighted by molar-refractivity contribution is 0.307. The molecule has 0 aromatic carbocycles. The molecular formula is C16H29N3O. The number of nitrogens with two attached hydrogens (primary N) is 1. The van der Waals surface area contributed by atoms with Crippen LogP contribution in [0.1, 0.15) is 53.4 Å². The van der Waals surface area contributed by atoms with E-state index in [-0.39, 0.29) is 0 Å². The van der Waals surface area contributed by atoms with Gasteiger partial charge >= 0.3 is 0 Å². The second-order valence-electron chi connectivity index (χ2n) is 5.41. The van der Waals surface area contributed by atoms with Crippen molar-refractivity contribution < 1.29 is 4.74 Å². The number of hydrogen-bond acceptors (Lipinski definition) is 4. The van der Waals surface area contributed by atoms with Crippen LogP contribution in [0, 0.1) is 0 Å². The molecular weight excluding hydrogens is 250 g/mol. The maximum atomic E-state index is 5.92. The third kappa shape index (κ3) is 4.91.